The second-order valence-corrected chi connectivity index (χ2v) is 6.17. The number of primary amides is 1. The van der Waals surface area contributed by atoms with Gasteiger partial charge in [-0.2, -0.15) is 0 Å². The summed E-state index contributed by atoms with van der Waals surface area (Å²) in [5, 5.41) is 9.69. The number of aliphatic hydroxyl groups is 1. The standard InChI is InChI=1S/C16H25N3O2/c1-11(2)9-12(10-20)15-13(16(17)21)5-6-14(18-15)19-7-3-4-8-19/h5-6,11-12,20H,3-4,7-10H2,1-2H3,(H2,17,21)/t12-/m1/s1. The van der Waals surface area contributed by atoms with Crippen molar-refractivity contribution in [2.45, 2.75) is 39.0 Å². The number of nitrogens with zero attached hydrogens (tertiary/aromatic N) is 2. The molecule has 1 aromatic heterocycles. The van der Waals surface area contributed by atoms with E-state index in [4.69, 9.17) is 5.73 Å². The number of nitrogens with two attached hydrogens (primary N) is 1. The summed E-state index contributed by atoms with van der Waals surface area (Å²) in [6.45, 7) is 6.16. The van der Waals surface area contributed by atoms with Crippen LogP contribution in [0.2, 0.25) is 0 Å². The molecule has 0 unspecified atom stereocenters. The van der Waals surface area contributed by atoms with E-state index >= 15 is 0 Å². The first-order valence-electron chi connectivity index (χ1n) is 7.69. The Morgan fingerprint density at radius 2 is 2.05 bits per heavy atom. The molecule has 2 heterocycles. The van der Waals surface area contributed by atoms with E-state index in [-0.39, 0.29) is 12.5 Å². The third kappa shape index (κ3) is 3.73. The molecular formula is C16H25N3O2. The molecule has 0 saturated carbocycles. The molecule has 3 N–H and O–H groups in total. The maximum absolute atomic E-state index is 11.6. The van der Waals surface area contributed by atoms with E-state index in [0.29, 0.717) is 17.2 Å². The monoisotopic (exact) mass is 291 g/mol. The van der Waals surface area contributed by atoms with Crippen molar-refractivity contribution in [2.75, 3.05) is 24.6 Å². The smallest absolute Gasteiger partial charge is 0.250 e. The van der Waals surface area contributed by atoms with Crippen LogP contribution in [0, 0.1) is 5.92 Å². The number of pyridine rings is 1. The van der Waals surface area contributed by atoms with E-state index in [1.807, 2.05) is 6.07 Å². The summed E-state index contributed by atoms with van der Waals surface area (Å²) in [5.74, 6) is 0.678. The maximum Gasteiger partial charge on any atom is 0.250 e. The molecule has 0 bridgehead atoms. The first kappa shape index (κ1) is 15.8. The number of aromatic nitrogens is 1. The first-order chi connectivity index (χ1) is 10.0. The average molecular weight is 291 g/mol. The first-order valence-corrected chi connectivity index (χ1v) is 7.69. The SMILES string of the molecule is CC(C)C[C@H](CO)c1nc(N2CCCC2)ccc1C(N)=O. The van der Waals surface area contributed by atoms with Crippen molar-refractivity contribution in [1.82, 2.24) is 4.98 Å². The van der Waals surface area contributed by atoms with Crippen LogP contribution < -0.4 is 10.6 Å². The fraction of sp³-hybridized carbons (Fsp3) is 0.625. The van der Waals surface area contributed by atoms with Gasteiger partial charge >= 0.3 is 0 Å². The zero-order valence-corrected chi connectivity index (χ0v) is 12.9. The zero-order chi connectivity index (χ0) is 15.4. The van der Waals surface area contributed by atoms with Gasteiger partial charge in [0, 0.05) is 19.0 Å². The number of carbonyl (C=O) groups excluding carboxylic acids is 1. The van der Waals surface area contributed by atoms with Gasteiger partial charge in [-0.3, -0.25) is 4.79 Å². The topological polar surface area (TPSA) is 79.5 Å². The Bertz CT molecular complexity index is 496. The lowest BCUT2D eigenvalue weighted by atomic mass is 9.91. The van der Waals surface area contributed by atoms with E-state index in [2.05, 4.69) is 23.7 Å². The van der Waals surface area contributed by atoms with Crippen LogP contribution in [0.1, 0.15) is 55.1 Å². The van der Waals surface area contributed by atoms with E-state index in [9.17, 15) is 9.90 Å². The number of hydrogen-bond donors (Lipinski definition) is 2. The highest BCUT2D eigenvalue weighted by Gasteiger charge is 2.23. The molecule has 0 spiro atoms. The van der Waals surface area contributed by atoms with Crippen LogP contribution in [-0.4, -0.2) is 35.7 Å². The van der Waals surface area contributed by atoms with Crippen molar-refractivity contribution in [1.29, 1.82) is 0 Å². The molecule has 0 aromatic carbocycles. The Hall–Kier alpha value is -1.62. The van der Waals surface area contributed by atoms with Gasteiger partial charge in [-0.15, -0.1) is 0 Å². The van der Waals surface area contributed by atoms with Gasteiger partial charge in [0.05, 0.1) is 17.9 Å². The average Bonchev–Trinajstić information content (AvgIpc) is 2.98. The summed E-state index contributed by atoms with van der Waals surface area (Å²) in [6, 6.07) is 3.61. The second kappa shape index (κ2) is 6.89. The number of aliphatic hydroxyl groups excluding tert-OH is 1. The Labute approximate surface area is 126 Å². The normalized spacial score (nSPS) is 16.5. The highest BCUT2D eigenvalue weighted by molar-refractivity contribution is 5.94. The molecule has 21 heavy (non-hydrogen) atoms. The summed E-state index contributed by atoms with van der Waals surface area (Å²) < 4.78 is 0. The molecule has 1 aliphatic rings. The fourth-order valence-corrected chi connectivity index (χ4v) is 2.95. The lowest BCUT2D eigenvalue weighted by Crippen LogP contribution is -2.23. The second-order valence-electron chi connectivity index (χ2n) is 6.17. The van der Waals surface area contributed by atoms with E-state index in [0.717, 1.165) is 25.3 Å². The fourth-order valence-electron chi connectivity index (χ4n) is 2.95. The molecular weight excluding hydrogens is 266 g/mol. The number of anilines is 1. The maximum atomic E-state index is 11.6. The van der Waals surface area contributed by atoms with E-state index in [1.165, 1.54) is 12.8 Å². The number of amides is 1. The Kier molecular flexibility index (Phi) is 5.17. The molecule has 1 amide bonds. The molecule has 2 rings (SSSR count). The van der Waals surface area contributed by atoms with Crippen molar-refractivity contribution < 1.29 is 9.90 Å². The van der Waals surface area contributed by atoms with Crippen LogP contribution in [-0.2, 0) is 0 Å². The van der Waals surface area contributed by atoms with Gasteiger partial charge in [0.2, 0.25) is 0 Å². The number of hydrogen-bond acceptors (Lipinski definition) is 4. The molecule has 1 aromatic rings. The molecule has 116 valence electrons. The molecule has 0 radical (unpaired) electrons. The van der Waals surface area contributed by atoms with Crippen LogP contribution in [0.4, 0.5) is 5.82 Å². The predicted molar refractivity (Wildman–Crippen MR) is 83.5 cm³/mol. The van der Waals surface area contributed by atoms with Crippen molar-refractivity contribution in [2.24, 2.45) is 11.7 Å². The minimum absolute atomic E-state index is 0.0189. The van der Waals surface area contributed by atoms with Gasteiger partial charge in [-0.05, 0) is 37.3 Å². The molecule has 5 nitrogen and oxygen atoms in total. The van der Waals surface area contributed by atoms with Crippen LogP contribution in [0.3, 0.4) is 0 Å². The number of rotatable bonds is 6. The quantitative estimate of drug-likeness (QED) is 0.839. The van der Waals surface area contributed by atoms with Gasteiger partial charge in [0.25, 0.3) is 5.91 Å². The van der Waals surface area contributed by atoms with Gasteiger partial charge in [-0.25, -0.2) is 4.98 Å². The summed E-state index contributed by atoms with van der Waals surface area (Å²) in [6.07, 6.45) is 3.13. The third-order valence-electron chi connectivity index (χ3n) is 3.97. The van der Waals surface area contributed by atoms with Crippen molar-refractivity contribution in [3.05, 3.63) is 23.4 Å². The van der Waals surface area contributed by atoms with Crippen molar-refractivity contribution in [3.8, 4) is 0 Å². The minimum atomic E-state index is -0.479. The van der Waals surface area contributed by atoms with Crippen LogP contribution in [0.25, 0.3) is 0 Å². The number of carbonyl (C=O) groups is 1. The van der Waals surface area contributed by atoms with Crippen molar-refractivity contribution >= 4 is 11.7 Å². The largest absolute Gasteiger partial charge is 0.396 e. The third-order valence-corrected chi connectivity index (χ3v) is 3.97. The molecule has 1 fully saturated rings. The Balaban J connectivity index is 2.37. The summed E-state index contributed by atoms with van der Waals surface area (Å²) in [4.78, 5) is 18.5. The lowest BCUT2D eigenvalue weighted by molar-refractivity contribution is 0.0997. The molecule has 1 aliphatic heterocycles. The predicted octanol–water partition coefficient (Wildman–Crippen LogP) is 1.90. The Morgan fingerprint density at radius 1 is 1.38 bits per heavy atom. The highest BCUT2D eigenvalue weighted by atomic mass is 16.3. The molecule has 5 heteroatoms. The van der Waals surface area contributed by atoms with Gasteiger partial charge < -0.3 is 15.7 Å². The lowest BCUT2D eigenvalue weighted by Gasteiger charge is -2.22. The minimum Gasteiger partial charge on any atom is -0.396 e. The van der Waals surface area contributed by atoms with Crippen molar-refractivity contribution in [3.63, 3.8) is 0 Å². The highest BCUT2D eigenvalue weighted by Crippen LogP contribution is 2.28. The molecule has 1 saturated heterocycles. The summed E-state index contributed by atoms with van der Waals surface area (Å²) >= 11 is 0. The van der Waals surface area contributed by atoms with Gasteiger partial charge in [-0.1, -0.05) is 13.8 Å². The van der Waals surface area contributed by atoms with Crippen LogP contribution in [0.5, 0.6) is 0 Å². The summed E-state index contributed by atoms with van der Waals surface area (Å²) in [7, 11) is 0. The Morgan fingerprint density at radius 3 is 2.57 bits per heavy atom. The summed E-state index contributed by atoms with van der Waals surface area (Å²) in [5.41, 5.74) is 6.54. The van der Waals surface area contributed by atoms with Crippen LogP contribution in [0.15, 0.2) is 12.1 Å². The van der Waals surface area contributed by atoms with Gasteiger partial charge in [0.1, 0.15) is 5.82 Å². The zero-order valence-electron chi connectivity index (χ0n) is 12.9. The molecule has 1 atom stereocenters. The van der Waals surface area contributed by atoms with Crippen LogP contribution >= 0.6 is 0 Å². The van der Waals surface area contributed by atoms with Gasteiger partial charge in [0.15, 0.2) is 0 Å². The van der Waals surface area contributed by atoms with E-state index < -0.39 is 5.91 Å². The molecule has 0 aliphatic carbocycles. The van der Waals surface area contributed by atoms with E-state index in [1.54, 1.807) is 6.07 Å².